The molecule has 2 aromatic heterocycles. The maximum atomic E-state index is 13.1. The van der Waals surface area contributed by atoms with E-state index in [0.717, 1.165) is 34.3 Å². The number of hydrogen-bond donors (Lipinski definition) is 1. The van der Waals surface area contributed by atoms with Crippen LogP contribution in [0.15, 0.2) is 52.8 Å². The van der Waals surface area contributed by atoms with Crippen LogP contribution in [0.1, 0.15) is 37.8 Å². The van der Waals surface area contributed by atoms with Gasteiger partial charge in [0.1, 0.15) is 0 Å². The summed E-state index contributed by atoms with van der Waals surface area (Å²) in [6.07, 6.45) is 12.9. The van der Waals surface area contributed by atoms with E-state index in [1.165, 1.54) is 31.0 Å². The van der Waals surface area contributed by atoms with Crippen molar-refractivity contribution in [3.63, 3.8) is 0 Å². The van der Waals surface area contributed by atoms with E-state index in [2.05, 4.69) is 9.97 Å². The van der Waals surface area contributed by atoms with Crippen LogP contribution in [-0.2, 0) is 4.79 Å². The normalized spacial score (nSPS) is 22.2. The first-order chi connectivity index (χ1) is 12.3. The van der Waals surface area contributed by atoms with Crippen molar-refractivity contribution < 1.29 is 4.79 Å². The summed E-state index contributed by atoms with van der Waals surface area (Å²) < 4.78 is 0. The van der Waals surface area contributed by atoms with Gasteiger partial charge in [-0.1, -0.05) is 19.3 Å². The van der Waals surface area contributed by atoms with Crippen LogP contribution >= 0.6 is 11.8 Å². The molecule has 0 radical (unpaired) electrons. The lowest BCUT2D eigenvalue weighted by molar-refractivity contribution is -0.124. The monoisotopic (exact) mass is 352 g/mol. The SMILES string of the molecule is O=C1/C(=C\c2ccc[nH]2)SC(=Nc2cccnc2)N1C1CCCCC1. The Balaban J connectivity index is 1.69. The third kappa shape index (κ3) is 3.54. The fourth-order valence-corrected chi connectivity index (χ4v) is 4.38. The van der Waals surface area contributed by atoms with Crippen LogP contribution in [0, 0.1) is 0 Å². The Labute approximate surface area is 151 Å². The molecule has 0 atom stereocenters. The molecule has 4 rings (SSSR count). The molecule has 3 heterocycles. The highest BCUT2D eigenvalue weighted by molar-refractivity contribution is 8.18. The Kier molecular flexibility index (Phi) is 4.70. The summed E-state index contributed by atoms with van der Waals surface area (Å²) in [5.74, 6) is 0.0640. The molecule has 1 saturated heterocycles. The number of thioether (sulfide) groups is 1. The van der Waals surface area contributed by atoms with E-state index in [-0.39, 0.29) is 11.9 Å². The third-order valence-corrected chi connectivity index (χ3v) is 5.54. The van der Waals surface area contributed by atoms with Crippen LogP contribution in [0.5, 0.6) is 0 Å². The van der Waals surface area contributed by atoms with Gasteiger partial charge in [0.25, 0.3) is 5.91 Å². The maximum Gasteiger partial charge on any atom is 0.267 e. The zero-order chi connectivity index (χ0) is 17.1. The Morgan fingerprint density at radius 2 is 2.12 bits per heavy atom. The molecule has 1 aliphatic heterocycles. The largest absolute Gasteiger partial charge is 0.362 e. The van der Waals surface area contributed by atoms with Crippen LogP contribution in [0.2, 0.25) is 0 Å². The molecule has 2 fully saturated rings. The molecule has 25 heavy (non-hydrogen) atoms. The van der Waals surface area contributed by atoms with Crippen molar-refractivity contribution in [2.24, 2.45) is 4.99 Å². The predicted octanol–water partition coefficient (Wildman–Crippen LogP) is 4.35. The molecule has 1 amide bonds. The first-order valence-electron chi connectivity index (χ1n) is 8.66. The number of carbonyl (C=O) groups excluding carboxylic acids is 1. The molecule has 2 aliphatic rings. The van der Waals surface area contributed by atoms with Crippen LogP contribution in [-0.4, -0.2) is 32.0 Å². The molecule has 0 bridgehead atoms. The minimum absolute atomic E-state index is 0.0640. The van der Waals surface area contributed by atoms with Crippen LogP contribution in [0.25, 0.3) is 6.08 Å². The second-order valence-corrected chi connectivity index (χ2v) is 7.32. The number of aromatic amines is 1. The Bertz CT molecular complexity index is 792. The van der Waals surface area contributed by atoms with E-state index in [4.69, 9.17) is 4.99 Å². The summed E-state index contributed by atoms with van der Waals surface area (Å²) in [5.41, 5.74) is 1.71. The highest BCUT2D eigenvalue weighted by Crippen LogP contribution is 2.38. The lowest BCUT2D eigenvalue weighted by atomic mass is 9.94. The van der Waals surface area contributed by atoms with Gasteiger partial charge in [-0.05, 0) is 54.9 Å². The van der Waals surface area contributed by atoms with E-state index >= 15 is 0 Å². The molecular weight excluding hydrogens is 332 g/mol. The number of nitrogens with one attached hydrogen (secondary N) is 1. The topological polar surface area (TPSA) is 61.4 Å². The fraction of sp³-hybridized carbons (Fsp3) is 0.316. The fourth-order valence-electron chi connectivity index (χ4n) is 3.33. The Morgan fingerprint density at radius 3 is 2.84 bits per heavy atom. The number of amides is 1. The van der Waals surface area contributed by atoms with Gasteiger partial charge in [-0.3, -0.25) is 14.7 Å². The van der Waals surface area contributed by atoms with Crippen molar-refractivity contribution >= 4 is 34.6 Å². The Morgan fingerprint density at radius 1 is 1.24 bits per heavy atom. The number of carbonyl (C=O) groups is 1. The maximum absolute atomic E-state index is 13.1. The minimum atomic E-state index is 0.0640. The number of rotatable bonds is 3. The zero-order valence-electron chi connectivity index (χ0n) is 13.9. The Hall–Kier alpha value is -2.34. The van der Waals surface area contributed by atoms with E-state index in [1.54, 1.807) is 12.4 Å². The van der Waals surface area contributed by atoms with Gasteiger partial charge in [0.05, 0.1) is 16.8 Å². The second-order valence-electron chi connectivity index (χ2n) is 6.31. The zero-order valence-corrected chi connectivity index (χ0v) is 14.7. The van der Waals surface area contributed by atoms with Crippen molar-refractivity contribution in [3.8, 4) is 0 Å². The molecule has 1 saturated carbocycles. The number of pyridine rings is 1. The number of hydrogen-bond acceptors (Lipinski definition) is 4. The molecule has 1 aliphatic carbocycles. The van der Waals surface area contributed by atoms with Gasteiger partial charge in [-0.25, -0.2) is 4.99 Å². The number of aromatic nitrogens is 2. The summed E-state index contributed by atoms with van der Waals surface area (Å²) in [6, 6.07) is 7.92. The average molecular weight is 352 g/mol. The van der Waals surface area contributed by atoms with Gasteiger partial charge in [0.15, 0.2) is 5.17 Å². The van der Waals surface area contributed by atoms with E-state index in [9.17, 15) is 4.79 Å². The van der Waals surface area contributed by atoms with E-state index in [1.807, 2.05) is 41.4 Å². The minimum Gasteiger partial charge on any atom is -0.362 e. The number of aliphatic imine (C=N–C) groups is 1. The number of nitrogens with zero attached hydrogens (tertiary/aromatic N) is 3. The summed E-state index contributed by atoms with van der Waals surface area (Å²) >= 11 is 1.45. The van der Waals surface area contributed by atoms with Gasteiger partial charge < -0.3 is 4.98 Å². The van der Waals surface area contributed by atoms with Crippen molar-refractivity contribution in [3.05, 3.63) is 53.5 Å². The number of H-pyrrole nitrogens is 1. The first kappa shape index (κ1) is 16.1. The summed E-state index contributed by atoms with van der Waals surface area (Å²) in [7, 11) is 0. The lowest BCUT2D eigenvalue weighted by Gasteiger charge is -2.30. The van der Waals surface area contributed by atoms with Crippen LogP contribution in [0.4, 0.5) is 5.69 Å². The van der Waals surface area contributed by atoms with E-state index < -0.39 is 0 Å². The molecule has 5 nitrogen and oxygen atoms in total. The summed E-state index contributed by atoms with van der Waals surface area (Å²) in [4.78, 5) is 27.7. The smallest absolute Gasteiger partial charge is 0.267 e. The summed E-state index contributed by atoms with van der Waals surface area (Å²) in [5, 5.41) is 0.766. The average Bonchev–Trinajstić information content (AvgIpc) is 3.26. The molecule has 1 N–H and O–H groups in total. The van der Waals surface area contributed by atoms with Crippen LogP contribution < -0.4 is 0 Å². The highest BCUT2D eigenvalue weighted by atomic mass is 32.2. The van der Waals surface area contributed by atoms with Crippen LogP contribution in [0.3, 0.4) is 0 Å². The molecule has 6 heteroatoms. The van der Waals surface area contributed by atoms with Gasteiger partial charge in [0, 0.05) is 24.1 Å². The molecular formula is C19H20N4OS. The molecule has 0 spiro atoms. The quantitative estimate of drug-likeness (QED) is 0.836. The standard InChI is InChI=1S/C19H20N4OS/c24-18-17(12-14-6-5-11-21-14)25-19(22-15-7-4-10-20-13-15)23(18)16-8-2-1-3-9-16/h4-7,10-13,16,21H,1-3,8-9H2/b17-12+,22-19?. The van der Waals surface area contributed by atoms with Crippen molar-refractivity contribution in [2.45, 2.75) is 38.1 Å². The van der Waals surface area contributed by atoms with Crippen molar-refractivity contribution in [1.82, 2.24) is 14.9 Å². The van der Waals surface area contributed by atoms with E-state index in [0.29, 0.717) is 0 Å². The van der Waals surface area contributed by atoms with Gasteiger partial charge in [-0.2, -0.15) is 0 Å². The molecule has 2 aromatic rings. The van der Waals surface area contributed by atoms with Gasteiger partial charge >= 0.3 is 0 Å². The van der Waals surface area contributed by atoms with Crippen molar-refractivity contribution in [1.29, 1.82) is 0 Å². The predicted molar refractivity (Wildman–Crippen MR) is 101 cm³/mol. The molecule has 0 unspecified atom stereocenters. The first-order valence-corrected chi connectivity index (χ1v) is 9.48. The van der Waals surface area contributed by atoms with Gasteiger partial charge in [0.2, 0.25) is 0 Å². The third-order valence-electron chi connectivity index (χ3n) is 4.56. The number of amidine groups is 1. The molecule has 0 aromatic carbocycles. The lowest BCUT2D eigenvalue weighted by Crippen LogP contribution is -2.40. The molecule has 128 valence electrons. The van der Waals surface area contributed by atoms with Gasteiger partial charge in [-0.15, -0.1) is 0 Å². The summed E-state index contributed by atoms with van der Waals surface area (Å²) in [6.45, 7) is 0. The van der Waals surface area contributed by atoms with Crippen molar-refractivity contribution in [2.75, 3.05) is 0 Å². The highest BCUT2D eigenvalue weighted by Gasteiger charge is 2.38. The second kappa shape index (κ2) is 7.27.